The number of benzene rings is 1. The van der Waals surface area contributed by atoms with Crippen molar-refractivity contribution in [1.82, 2.24) is 4.98 Å². The first-order valence-corrected chi connectivity index (χ1v) is 4.86. The van der Waals surface area contributed by atoms with E-state index in [4.69, 9.17) is 28.9 Å². The molecule has 0 aliphatic carbocycles. The Balaban J connectivity index is 0.000000980. The minimum Gasteiger partial charge on any atom is -0.395 e. The van der Waals surface area contributed by atoms with Gasteiger partial charge in [-0.05, 0) is 6.07 Å². The summed E-state index contributed by atoms with van der Waals surface area (Å²) < 4.78 is 13.8. The van der Waals surface area contributed by atoms with Gasteiger partial charge in [0, 0.05) is 0 Å². The number of rotatable bonds is 0. The molecule has 0 amide bonds. The first-order valence-electron chi connectivity index (χ1n) is 3.29. The molecule has 2 aromatic rings. The van der Waals surface area contributed by atoms with Crippen LogP contribution in [-0.2, 0) is 0 Å². The number of nitrogens with two attached hydrogens (primary N) is 1. The molecule has 1 heterocycles. The van der Waals surface area contributed by atoms with Crippen molar-refractivity contribution in [2.75, 3.05) is 5.73 Å². The lowest BCUT2D eigenvalue weighted by molar-refractivity contribution is 0.634. The Morgan fingerprint density at radius 1 is 1.43 bits per heavy atom. The maximum Gasteiger partial charge on any atom is 0.184 e. The van der Waals surface area contributed by atoms with Gasteiger partial charge in [0.25, 0.3) is 0 Å². The van der Waals surface area contributed by atoms with Crippen molar-refractivity contribution in [3.05, 3.63) is 21.4 Å². The van der Waals surface area contributed by atoms with Crippen LogP contribution in [-0.4, -0.2) is 4.98 Å². The average molecular weight is 274 g/mol. The van der Waals surface area contributed by atoms with Crippen LogP contribution in [0.1, 0.15) is 0 Å². The van der Waals surface area contributed by atoms with Gasteiger partial charge in [0.2, 0.25) is 0 Å². The molecule has 0 aliphatic heterocycles. The van der Waals surface area contributed by atoms with Crippen molar-refractivity contribution < 1.29 is 4.39 Å². The fourth-order valence-corrected chi connectivity index (χ4v) is 2.37. The van der Waals surface area contributed by atoms with Crippen molar-refractivity contribution in [1.29, 1.82) is 0 Å². The minimum absolute atomic E-state index is 0. The van der Waals surface area contributed by atoms with E-state index in [1.807, 2.05) is 0 Å². The third kappa shape index (κ3) is 1.75. The maximum absolute atomic E-state index is 13.0. The van der Waals surface area contributed by atoms with Gasteiger partial charge in [0.15, 0.2) is 4.47 Å². The Morgan fingerprint density at radius 3 is 2.71 bits per heavy atom. The number of hydrogen-bond acceptors (Lipinski definition) is 3. The first-order chi connectivity index (χ1) is 6.09. The molecule has 0 saturated heterocycles. The van der Waals surface area contributed by atoms with Gasteiger partial charge in [-0.1, -0.05) is 23.2 Å². The van der Waals surface area contributed by atoms with Gasteiger partial charge in [0.1, 0.15) is 11.3 Å². The van der Waals surface area contributed by atoms with Crippen LogP contribution in [0.4, 0.5) is 10.1 Å². The minimum atomic E-state index is -0.544. The second-order valence-corrected chi connectivity index (χ2v) is 4.39. The number of nitrogen functional groups attached to an aromatic ring is 1. The van der Waals surface area contributed by atoms with Gasteiger partial charge in [-0.15, -0.1) is 23.7 Å². The lowest BCUT2D eigenvalue weighted by atomic mass is 10.3. The van der Waals surface area contributed by atoms with Crippen LogP contribution in [0.5, 0.6) is 0 Å². The lowest BCUT2D eigenvalue weighted by Gasteiger charge is -1.98. The highest BCUT2D eigenvalue weighted by Gasteiger charge is 2.12. The largest absolute Gasteiger partial charge is 0.395 e. The van der Waals surface area contributed by atoms with E-state index in [0.717, 1.165) is 17.4 Å². The number of anilines is 1. The van der Waals surface area contributed by atoms with Gasteiger partial charge in [0.05, 0.1) is 15.4 Å². The highest BCUT2D eigenvalue weighted by molar-refractivity contribution is 7.22. The van der Waals surface area contributed by atoms with Gasteiger partial charge in [-0.3, -0.25) is 0 Å². The van der Waals surface area contributed by atoms with Crippen LogP contribution < -0.4 is 5.73 Å². The highest BCUT2D eigenvalue weighted by Crippen LogP contribution is 2.36. The SMILES string of the molecule is Cl.Nc1c(F)cc(Cl)c2nc(Cl)sc12. The zero-order chi connectivity index (χ0) is 9.59. The van der Waals surface area contributed by atoms with E-state index in [1.54, 1.807) is 0 Å². The summed E-state index contributed by atoms with van der Waals surface area (Å²) in [4.78, 5) is 3.92. The zero-order valence-corrected chi connectivity index (χ0v) is 9.70. The lowest BCUT2D eigenvalue weighted by Crippen LogP contribution is -1.90. The molecular weight excluding hydrogens is 270 g/mol. The summed E-state index contributed by atoms with van der Waals surface area (Å²) in [7, 11) is 0. The Morgan fingerprint density at radius 2 is 2.07 bits per heavy atom. The normalized spacial score (nSPS) is 10.2. The van der Waals surface area contributed by atoms with E-state index in [1.165, 1.54) is 0 Å². The van der Waals surface area contributed by atoms with Crippen molar-refractivity contribution in [3.8, 4) is 0 Å². The number of nitrogens with zero attached hydrogens (tertiary/aromatic N) is 1. The maximum atomic E-state index is 13.0. The number of hydrogen-bond donors (Lipinski definition) is 1. The topological polar surface area (TPSA) is 38.9 Å². The molecule has 0 saturated carbocycles. The predicted octanol–water partition coefficient (Wildman–Crippen LogP) is 3.75. The van der Waals surface area contributed by atoms with E-state index < -0.39 is 5.82 Å². The molecule has 1 aromatic heterocycles. The molecule has 0 spiro atoms. The molecule has 1 aromatic carbocycles. The summed E-state index contributed by atoms with van der Waals surface area (Å²) in [6.07, 6.45) is 0. The second-order valence-electron chi connectivity index (χ2n) is 2.40. The fourth-order valence-electron chi connectivity index (χ4n) is 1.00. The molecule has 0 atom stereocenters. The average Bonchev–Trinajstić information content (AvgIpc) is 2.44. The third-order valence-electron chi connectivity index (χ3n) is 1.58. The Kier molecular flexibility index (Phi) is 3.42. The van der Waals surface area contributed by atoms with Crippen LogP contribution in [0.25, 0.3) is 10.2 Å². The molecular formula is C7H4Cl3FN2S. The summed E-state index contributed by atoms with van der Waals surface area (Å²) >= 11 is 12.5. The smallest absolute Gasteiger partial charge is 0.184 e. The Hall–Kier alpha value is -0.290. The standard InChI is InChI=1S/C7H3Cl2FN2S.ClH/c8-2-1-3(10)4(11)6-5(2)12-7(9)13-6;/h1H,11H2;1H. The number of thiazole rings is 1. The van der Waals surface area contributed by atoms with Crippen LogP contribution in [0.2, 0.25) is 9.49 Å². The summed E-state index contributed by atoms with van der Waals surface area (Å²) in [5, 5.41) is 0.227. The first kappa shape index (κ1) is 11.8. The van der Waals surface area contributed by atoms with Crippen LogP contribution >= 0.6 is 46.9 Å². The molecule has 0 aliphatic rings. The van der Waals surface area contributed by atoms with Gasteiger partial charge in [-0.2, -0.15) is 0 Å². The molecule has 76 valence electrons. The predicted molar refractivity (Wildman–Crippen MR) is 61.3 cm³/mol. The van der Waals surface area contributed by atoms with Crippen molar-refractivity contribution in [2.24, 2.45) is 0 Å². The van der Waals surface area contributed by atoms with Crippen LogP contribution in [0.15, 0.2) is 6.07 Å². The molecule has 2 N–H and O–H groups in total. The molecule has 7 heteroatoms. The van der Waals surface area contributed by atoms with E-state index in [9.17, 15) is 4.39 Å². The van der Waals surface area contributed by atoms with E-state index >= 15 is 0 Å². The number of aromatic nitrogens is 1. The summed E-state index contributed by atoms with van der Waals surface area (Å²) in [6.45, 7) is 0. The molecule has 0 bridgehead atoms. The Bertz CT molecular complexity index is 485. The van der Waals surface area contributed by atoms with Crippen LogP contribution in [0.3, 0.4) is 0 Å². The van der Waals surface area contributed by atoms with Gasteiger partial charge < -0.3 is 5.73 Å². The van der Waals surface area contributed by atoms with Crippen molar-refractivity contribution >= 4 is 62.8 Å². The van der Waals surface area contributed by atoms with Gasteiger partial charge in [-0.25, -0.2) is 9.37 Å². The van der Waals surface area contributed by atoms with E-state index in [2.05, 4.69) is 4.98 Å². The third-order valence-corrected chi connectivity index (χ3v) is 3.06. The summed E-state index contributed by atoms with van der Waals surface area (Å²) in [6, 6.07) is 1.13. The Labute approximate surface area is 99.2 Å². The molecule has 0 unspecified atom stereocenters. The van der Waals surface area contributed by atoms with Crippen molar-refractivity contribution in [3.63, 3.8) is 0 Å². The molecule has 2 nitrogen and oxygen atoms in total. The quantitative estimate of drug-likeness (QED) is 0.743. The number of halogens is 4. The fraction of sp³-hybridized carbons (Fsp3) is 0. The molecule has 0 radical (unpaired) electrons. The van der Waals surface area contributed by atoms with E-state index in [-0.39, 0.29) is 23.1 Å². The number of fused-ring (bicyclic) bond motifs is 1. The highest BCUT2D eigenvalue weighted by atomic mass is 35.5. The monoisotopic (exact) mass is 272 g/mol. The van der Waals surface area contributed by atoms with Crippen molar-refractivity contribution in [2.45, 2.75) is 0 Å². The zero-order valence-electron chi connectivity index (χ0n) is 6.55. The van der Waals surface area contributed by atoms with E-state index in [0.29, 0.717) is 14.7 Å². The summed E-state index contributed by atoms with van der Waals surface area (Å²) in [5.74, 6) is -0.544. The molecule has 0 fully saturated rings. The van der Waals surface area contributed by atoms with Gasteiger partial charge >= 0.3 is 0 Å². The van der Waals surface area contributed by atoms with Crippen LogP contribution in [0, 0.1) is 5.82 Å². The summed E-state index contributed by atoms with van der Waals surface area (Å²) in [5.41, 5.74) is 5.98. The second kappa shape index (κ2) is 4.06. The molecule has 14 heavy (non-hydrogen) atoms. The molecule has 2 rings (SSSR count).